The number of quaternary nitrogens is 1. The Morgan fingerprint density at radius 1 is 1.11 bits per heavy atom. The minimum absolute atomic E-state index is 0.127. The standard InChI is InChI=1S/C23H28N2O3/c1-15-22(18-8-6-7-9-19(18)24-15)23(26)16(2)25(3)13-12-17-10-11-20(27-4)21(14-17)28-5/h6-11,14,16,24H,12-13H2,1-5H3/p+1/t16-/m0/s1. The molecule has 3 aromatic rings. The molecule has 0 saturated heterocycles. The maximum absolute atomic E-state index is 13.2. The number of aromatic nitrogens is 1. The van der Waals surface area contributed by atoms with Crippen molar-refractivity contribution < 1.29 is 19.2 Å². The lowest BCUT2D eigenvalue weighted by Crippen LogP contribution is -3.13. The number of aromatic amines is 1. The van der Waals surface area contributed by atoms with E-state index in [9.17, 15) is 4.79 Å². The molecule has 0 radical (unpaired) electrons. The van der Waals surface area contributed by atoms with Gasteiger partial charge in [0.05, 0.1) is 33.4 Å². The second-order valence-corrected chi connectivity index (χ2v) is 7.29. The van der Waals surface area contributed by atoms with Gasteiger partial charge in [0.25, 0.3) is 0 Å². The smallest absolute Gasteiger partial charge is 0.222 e. The summed E-state index contributed by atoms with van der Waals surface area (Å²) in [7, 11) is 5.35. The Morgan fingerprint density at radius 2 is 1.82 bits per heavy atom. The zero-order valence-electron chi connectivity index (χ0n) is 17.3. The number of nitrogens with one attached hydrogen (secondary N) is 2. The average molecular weight is 381 g/mol. The van der Waals surface area contributed by atoms with Gasteiger partial charge in [-0.1, -0.05) is 24.3 Å². The number of benzene rings is 2. The predicted molar refractivity (Wildman–Crippen MR) is 112 cm³/mol. The summed E-state index contributed by atoms with van der Waals surface area (Å²) in [5, 5.41) is 1.00. The highest BCUT2D eigenvalue weighted by molar-refractivity contribution is 6.10. The summed E-state index contributed by atoms with van der Waals surface area (Å²) in [5.74, 6) is 1.64. The molecule has 0 bridgehead atoms. The van der Waals surface area contributed by atoms with Gasteiger partial charge in [0.1, 0.15) is 6.04 Å². The first-order valence-corrected chi connectivity index (χ1v) is 9.61. The molecule has 3 rings (SSSR count). The van der Waals surface area contributed by atoms with Crippen molar-refractivity contribution >= 4 is 16.7 Å². The van der Waals surface area contributed by atoms with Crippen LogP contribution in [0, 0.1) is 6.92 Å². The van der Waals surface area contributed by atoms with Crippen LogP contribution in [0.2, 0.25) is 0 Å². The topological polar surface area (TPSA) is 55.8 Å². The first-order chi connectivity index (χ1) is 13.5. The number of hydrogen-bond donors (Lipinski definition) is 2. The molecule has 148 valence electrons. The van der Waals surface area contributed by atoms with Crippen LogP contribution in [0.5, 0.6) is 11.5 Å². The second-order valence-electron chi connectivity index (χ2n) is 7.29. The number of likely N-dealkylation sites (N-methyl/N-ethyl adjacent to an activating group) is 1. The van der Waals surface area contributed by atoms with E-state index in [-0.39, 0.29) is 11.8 Å². The van der Waals surface area contributed by atoms with Gasteiger partial charge in [-0.2, -0.15) is 0 Å². The van der Waals surface area contributed by atoms with Crippen molar-refractivity contribution in [2.75, 3.05) is 27.8 Å². The van der Waals surface area contributed by atoms with Crippen molar-refractivity contribution in [2.24, 2.45) is 0 Å². The summed E-state index contributed by atoms with van der Waals surface area (Å²) in [6.07, 6.45) is 0.858. The van der Waals surface area contributed by atoms with Gasteiger partial charge in [0, 0.05) is 23.0 Å². The Morgan fingerprint density at radius 3 is 2.54 bits per heavy atom. The lowest BCUT2D eigenvalue weighted by molar-refractivity contribution is -0.893. The normalized spacial score (nSPS) is 13.3. The van der Waals surface area contributed by atoms with Gasteiger partial charge >= 0.3 is 0 Å². The van der Waals surface area contributed by atoms with Crippen LogP contribution in [0.1, 0.15) is 28.5 Å². The van der Waals surface area contributed by atoms with E-state index in [4.69, 9.17) is 9.47 Å². The summed E-state index contributed by atoms with van der Waals surface area (Å²) in [4.78, 5) is 17.7. The van der Waals surface area contributed by atoms with E-state index >= 15 is 0 Å². The van der Waals surface area contributed by atoms with E-state index in [0.717, 1.165) is 46.6 Å². The van der Waals surface area contributed by atoms with Crippen molar-refractivity contribution in [3.05, 3.63) is 59.3 Å². The number of fused-ring (bicyclic) bond motifs is 1. The Hall–Kier alpha value is -2.79. The Bertz CT molecular complexity index is 977. The van der Waals surface area contributed by atoms with Crippen molar-refractivity contribution in [3.8, 4) is 11.5 Å². The zero-order valence-corrected chi connectivity index (χ0v) is 17.3. The van der Waals surface area contributed by atoms with Crippen LogP contribution < -0.4 is 14.4 Å². The van der Waals surface area contributed by atoms with Gasteiger partial charge in [-0.05, 0) is 37.6 Å². The molecule has 0 amide bonds. The molecule has 2 aromatic carbocycles. The SMILES string of the molecule is COc1ccc(CC[NH+](C)[C@@H](C)C(=O)c2c(C)[nH]c3ccccc23)cc1OC. The molecule has 0 saturated carbocycles. The monoisotopic (exact) mass is 381 g/mol. The highest BCUT2D eigenvalue weighted by atomic mass is 16.5. The molecule has 1 aromatic heterocycles. The molecule has 5 heteroatoms. The highest BCUT2D eigenvalue weighted by Gasteiger charge is 2.27. The zero-order chi connectivity index (χ0) is 20.3. The predicted octanol–water partition coefficient (Wildman–Crippen LogP) is 2.82. The number of para-hydroxylation sites is 1. The lowest BCUT2D eigenvalue weighted by atomic mass is 10.0. The van der Waals surface area contributed by atoms with Gasteiger partial charge in [-0.3, -0.25) is 4.79 Å². The Labute approximate surface area is 166 Å². The minimum atomic E-state index is -0.127. The number of aryl methyl sites for hydroxylation is 1. The quantitative estimate of drug-likeness (QED) is 0.590. The number of Topliss-reactive ketones (excluding diaryl/α,β-unsaturated/α-hetero) is 1. The number of carbonyl (C=O) groups is 1. The molecule has 2 N–H and O–H groups in total. The van der Waals surface area contributed by atoms with Crippen LogP contribution in [-0.2, 0) is 6.42 Å². The van der Waals surface area contributed by atoms with Crippen LogP contribution >= 0.6 is 0 Å². The number of H-pyrrole nitrogens is 1. The summed E-state index contributed by atoms with van der Waals surface area (Å²) < 4.78 is 10.7. The molecule has 0 aliphatic rings. The van der Waals surface area contributed by atoms with Crippen molar-refractivity contribution in [3.63, 3.8) is 0 Å². The molecule has 0 fully saturated rings. The molecule has 1 heterocycles. The lowest BCUT2D eigenvalue weighted by Gasteiger charge is -2.21. The highest BCUT2D eigenvalue weighted by Crippen LogP contribution is 2.27. The Kier molecular flexibility index (Phi) is 6.05. The average Bonchev–Trinajstić information content (AvgIpc) is 3.06. The fraction of sp³-hybridized carbons (Fsp3) is 0.348. The number of rotatable bonds is 8. The van der Waals surface area contributed by atoms with Gasteiger partial charge < -0.3 is 19.4 Å². The summed E-state index contributed by atoms with van der Waals surface area (Å²) in [6, 6.07) is 13.8. The molecule has 0 aliphatic carbocycles. The van der Waals surface area contributed by atoms with Crippen LogP contribution in [0.4, 0.5) is 0 Å². The molecule has 0 spiro atoms. The van der Waals surface area contributed by atoms with Gasteiger partial charge in [0.2, 0.25) is 5.78 Å². The first kappa shape index (κ1) is 20.0. The summed E-state index contributed by atoms with van der Waals surface area (Å²) in [6.45, 7) is 4.83. The molecular formula is C23H29N2O3+. The van der Waals surface area contributed by atoms with Crippen molar-refractivity contribution in [2.45, 2.75) is 26.3 Å². The van der Waals surface area contributed by atoms with Crippen molar-refractivity contribution in [1.29, 1.82) is 0 Å². The van der Waals surface area contributed by atoms with E-state index in [2.05, 4.69) is 12.0 Å². The van der Waals surface area contributed by atoms with Gasteiger partial charge in [0.15, 0.2) is 11.5 Å². The van der Waals surface area contributed by atoms with E-state index in [1.54, 1.807) is 14.2 Å². The molecule has 5 nitrogen and oxygen atoms in total. The summed E-state index contributed by atoms with van der Waals surface area (Å²) in [5.41, 5.74) is 3.93. The van der Waals surface area contributed by atoms with Crippen LogP contribution in [-0.4, -0.2) is 44.6 Å². The number of methoxy groups -OCH3 is 2. The maximum atomic E-state index is 13.2. The number of ether oxygens (including phenoxy) is 2. The van der Waals surface area contributed by atoms with Crippen molar-refractivity contribution in [1.82, 2.24) is 4.98 Å². The minimum Gasteiger partial charge on any atom is -0.493 e. The number of ketones is 1. The number of hydrogen-bond acceptors (Lipinski definition) is 3. The van der Waals surface area contributed by atoms with Gasteiger partial charge in [-0.25, -0.2) is 0 Å². The Balaban J connectivity index is 1.71. The fourth-order valence-electron chi connectivity index (χ4n) is 3.63. The third-order valence-electron chi connectivity index (χ3n) is 5.53. The van der Waals surface area contributed by atoms with Crippen LogP contribution in [0.3, 0.4) is 0 Å². The molecule has 28 heavy (non-hydrogen) atoms. The number of carbonyl (C=O) groups excluding carboxylic acids is 1. The third kappa shape index (κ3) is 3.90. The summed E-state index contributed by atoms with van der Waals surface area (Å²) >= 11 is 0. The van der Waals surface area contributed by atoms with E-state index in [0.29, 0.717) is 0 Å². The second kappa shape index (κ2) is 8.48. The molecular weight excluding hydrogens is 352 g/mol. The third-order valence-corrected chi connectivity index (χ3v) is 5.53. The van der Waals surface area contributed by atoms with Gasteiger partial charge in [-0.15, -0.1) is 0 Å². The van der Waals surface area contributed by atoms with E-state index < -0.39 is 0 Å². The van der Waals surface area contributed by atoms with E-state index in [1.165, 1.54) is 10.5 Å². The first-order valence-electron chi connectivity index (χ1n) is 9.61. The van der Waals surface area contributed by atoms with E-state index in [1.807, 2.05) is 56.3 Å². The fourth-order valence-corrected chi connectivity index (χ4v) is 3.63. The van der Waals surface area contributed by atoms with Crippen LogP contribution in [0.15, 0.2) is 42.5 Å². The maximum Gasteiger partial charge on any atom is 0.222 e. The molecule has 1 unspecified atom stereocenters. The molecule has 2 atom stereocenters. The molecule has 0 aliphatic heterocycles. The van der Waals surface area contributed by atoms with Crippen LogP contribution in [0.25, 0.3) is 10.9 Å². The largest absolute Gasteiger partial charge is 0.493 e.